The number of carbonyl (C=O) groups is 1. The third-order valence-electron chi connectivity index (χ3n) is 4.99. The maximum absolute atomic E-state index is 14.1. The molecule has 1 aromatic rings. The van der Waals surface area contributed by atoms with E-state index in [9.17, 15) is 9.18 Å². The maximum atomic E-state index is 14.1. The quantitative estimate of drug-likeness (QED) is 0.678. The second-order valence-electron chi connectivity index (χ2n) is 6.50. The molecule has 1 amide bonds. The number of nitrogens with two attached hydrogens (primary N) is 1. The summed E-state index contributed by atoms with van der Waals surface area (Å²) in [5.74, 6) is -0.454. The average molecular weight is 319 g/mol. The Bertz CT molecular complexity index is 589. The zero-order valence-electron chi connectivity index (χ0n) is 14.0. The number of amides is 1. The van der Waals surface area contributed by atoms with Gasteiger partial charge in [-0.2, -0.15) is 0 Å². The Balaban J connectivity index is 2.26. The number of halogens is 1. The molecule has 0 aliphatic heterocycles. The molecule has 1 aromatic carbocycles. The van der Waals surface area contributed by atoms with Gasteiger partial charge in [0.05, 0.1) is 12.2 Å². The Labute approximate surface area is 137 Å². The third-order valence-corrected chi connectivity index (χ3v) is 4.99. The third kappa shape index (κ3) is 3.92. The number of hydrogen-bond acceptors (Lipinski definition) is 2. The zero-order valence-corrected chi connectivity index (χ0v) is 14.0. The van der Waals surface area contributed by atoms with E-state index in [1.165, 1.54) is 6.07 Å². The molecule has 0 spiro atoms. The van der Waals surface area contributed by atoms with Gasteiger partial charge in [0, 0.05) is 11.5 Å². The predicted molar refractivity (Wildman–Crippen MR) is 90.2 cm³/mol. The monoisotopic (exact) mass is 319 g/mol. The van der Waals surface area contributed by atoms with Gasteiger partial charge in [-0.25, -0.2) is 4.39 Å². The van der Waals surface area contributed by atoms with Crippen LogP contribution in [0.4, 0.5) is 4.39 Å². The van der Waals surface area contributed by atoms with Crippen LogP contribution in [0.2, 0.25) is 0 Å². The lowest BCUT2D eigenvalue weighted by atomic mass is 9.80. The van der Waals surface area contributed by atoms with Crippen molar-refractivity contribution < 1.29 is 13.9 Å². The molecule has 4 heteroatoms. The first-order valence-corrected chi connectivity index (χ1v) is 8.33. The largest absolute Gasteiger partial charge is 0.493 e. The van der Waals surface area contributed by atoms with Crippen molar-refractivity contribution in [1.29, 1.82) is 0 Å². The molecule has 1 aliphatic carbocycles. The van der Waals surface area contributed by atoms with Crippen LogP contribution in [0.25, 0.3) is 0 Å². The number of benzene rings is 1. The fraction of sp³-hybridized carbons (Fsp3) is 0.526. The van der Waals surface area contributed by atoms with Gasteiger partial charge in [-0.15, -0.1) is 6.58 Å². The van der Waals surface area contributed by atoms with Crippen LogP contribution < -0.4 is 10.5 Å². The zero-order chi connectivity index (χ0) is 17.0. The van der Waals surface area contributed by atoms with Crippen molar-refractivity contribution >= 4 is 5.91 Å². The Morgan fingerprint density at radius 3 is 2.57 bits per heavy atom. The van der Waals surface area contributed by atoms with Crippen LogP contribution >= 0.6 is 0 Å². The molecule has 0 aromatic heterocycles. The molecule has 2 N–H and O–H groups in total. The van der Waals surface area contributed by atoms with Crippen LogP contribution in [-0.2, 0) is 0 Å². The van der Waals surface area contributed by atoms with Gasteiger partial charge in [0.15, 0.2) is 0 Å². The highest BCUT2D eigenvalue weighted by Gasteiger charge is 2.31. The Morgan fingerprint density at radius 1 is 1.43 bits per heavy atom. The van der Waals surface area contributed by atoms with E-state index in [-0.39, 0.29) is 11.0 Å². The average Bonchev–Trinajstić information content (AvgIpc) is 3.36. The number of allylic oxidation sites excluding steroid dienone is 1. The molecule has 3 nitrogen and oxygen atoms in total. The first-order chi connectivity index (χ1) is 11.0. The summed E-state index contributed by atoms with van der Waals surface area (Å²) in [5, 5.41) is 0. The molecule has 23 heavy (non-hydrogen) atoms. The summed E-state index contributed by atoms with van der Waals surface area (Å²) in [6.45, 7) is 8.61. The predicted octanol–water partition coefficient (Wildman–Crippen LogP) is 4.56. The second kappa shape index (κ2) is 7.16. The van der Waals surface area contributed by atoms with Gasteiger partial charge in [0.1, 0.15) is 11.6 Å². The van der Waals surface area contributed by atoms with E-state index >= 15 is 0 Å². The van der Waals surface area contributed by atoms with E-state index in [4.69, 9.17) is 10.5 Å². The standard InChI is InChI=1S/C19H26FNO2/c1-4-9-19(5-2,6-3)12-23-17-11-16(20)15(18(21)22)10-14(17)13-7-8-13/h4,10-11,13H,1,5-9,12H2,2-3H3,(H2,21,22). The SMILES string of the molecule is C=CCC(CC)(CC)COc1cc(F)c(C(N)=O)cc1C1CC1. The van der Waals surface area contributed by atoms with Crippen LogP contribution in [-0.4, -0.2) is 12.5 Å². The lowest BCUT2D eigenvalue weighted by Gasteiger charge is -2.31. The minimum atomic E-state index is -0.737. The number of ether oxygens (including phenoxy) is 1. The molecule has 0 bridgehead atoms. The Kier molecular flexibility index (Phi) is 5.45. The first-order valence-electron chi connectivity index (χ1n) is 8.33. The van der Waals surface area contributed by atoms with Crippen molar-refractivity contribution in [1.82, 2.24) is 0 Å². The molecule has 0 unspecified atom stereocenters. The number of hydrogen-bond donors (Lipinski definition) is 1. The molecular formula is C19H26FNO2. The van der Waals surface area contributed by atoms with Gasteiger partial charge in [-0.3, -0.25) is 4.79 Å². The molecule has 1 saturated carbocycles. The fourth-order valence-electron chi connectivity index (χ4n) is 2.94. The molecular weight excluding hydrogens is 293 g/mol. The second-order valence-corrected chi connectivity index (χ2v) is 6.50. The van der Waals surface area contributed by atoms with E-state index in [0.29, 0.717) is 18.3 Å². The van der Waals surface area contributed by atoms with E-state index in [1.54, 1.807) is 6.07 Å². The summed E-state index contributed by atoms with van der Waals surface area (Å²) < 4.78 is 20.1. The van der Waals surface area contributed by atoms with E-state index in [0.717, 1.165) is 37.7 Å². The van der Waals surface area contributed by atoms with Crippen LogP contribution in [0.1, 0.15) is 67.8 Å². The number of rotatable bonds is 9. The molecule has 126 valence electrons. The minimum absolute atomic E-state index is 0.0153. The van der Waals surface area contributed by atoms with Crippen LogP contribution in [0.5, 0.6) is 5.75 Å². The summed E-state index contributed by atoms with van der Waals surface area (Å²) in [5.41, 5.74) is 6.11. The fourth-order valence-corrected chi connectivity index (χ4v) is 2.94. The summed E-state index contributed by atoms with van der Waals surface area (Å²) in [4.78, 5) is 11.4. The van der Waals surface area contributed by atoms with Crippen molar-refractivity contribution in [3.05, 3.63) is 41.7 Å². The summed E-state index contributed by atoms with van der Waals surface area (Å²) in [6, 6.07) is 2.88. The molecule has 0 saturated heterocycles. The van der Waals surface area contributed by atoms with Crippen molar-refractivity contribution in [3.8, 4) is 5.75 Å². The molecule has 1 aliphatic rings. The summed E-state index contributed by atoms with van der Waals surface area (Å²) >= 11 is 0. The molecule has 0 heterocycles. The minimum Gasteiger partial charge on any atom is -0.493 e. The van der Waals surface area contributed by atoms with Crippen molar-refractivity contribution in [2.45, 2.75) is 51.9 Å². The maximum Gasteiger partial charge on any atom is 0.251 e. The lowest BCUT2D eigenvalue weighted by molar-refractivity contribution is 0.0996. The van der Waals surface area contributed by atoms with Crippen LogP contribution in [0, 0.1) is 11.2 Å². The lowest BCUT2D eigenvalue weighted by Crippen LogP contribution is -2.27. The van der Waals surface area contributed by atoms with Gasteiger partial charge < -0.3 is 10.5 Å². The number of carbonyl (C=O) groups excluding carboxylic acids is 1. The van der Waals surface area contributed by atoms with Gasteiger partial charge in [-0.1, -0.05) is 19.9 Å². The van der Waals surface area contributed by atoms with E-state index in [2.05, 4.69) is 20.4 Å². The van der Waals surface area contributed by atoms with Gasteiger partial charge in [-0.05, 0) is 49.7 Å². The Hall–Kier alpha value is -1.84. The first kappa shape index (κ1) is 17.5. The summed E-state index contributed by atoms with van der Waals surface area (Å²) in [6.07, 6.45) is 6.79. The molecule has 0 radical (unpaired) electrons. The van der Waals surface area contributed by atoms with E-state index in [1.807, 2.05) is 6.08 Å². The van der Waals surface area contributed by atoms with Gasteiger partial charge >= 0.3 is 0 Å². The smallest absolute Gasteiger partial charge is 0.251 e. The Morgan fingerprint density at radius 2 is 2.09 bits per heavy atom. The van der Waals surface area contributed by atoms with Gasteiger partial charge in [0.25, 0.3) is 5.91 Å². The van der Waals surface area contributed by atoms with Crippen molar-refractivity contribution in [3.63, 3.8) is 0 Å². The van der Waals surface area contributed by atoms with Crippen LogP contribution in [0.3, 0.4) is 0 Å². The summed E-state index contributed by atoms with van der Waals surface area (Å²) in [7, 11) is 0. The molecule has 1 fully saturated rings. The highest BCUT2D eigenvalue weighted by atomic mass is 19.1. The number of primary amides is 1. The van der Waals surface area contributed by atoms with Crippen molar-refractivity contribution in [2.24, 2.45) is 11.1 Å². The normalized spacial score (nSPS) is 14.6. The van der Waals surface area contributed by atoms with Crippen molar-refractivity contribution in [2.75, 3.05) is 6.61 Å². The van der Waals surface area contributed by atoms with Gasteiger partial charge in [0.2, 0.25) is 0 Å². The highest BCUT2D eigenvalue weighted by Crippen LogP contribution is 2.45. The van der Waals surface area contributed by atoms with Crippen LogP contribution in [0.15, 0.2) is 24.8 Å². The highest BCUT2D eigenvalue weighted by molar-refractivity contribution is 5.93. The molecule has 0 atom stereocenters. The topological polar surface area (TPSA) is 52.3 Å². The van der Waals surface area contributed by atoms with E-state index < -0.39 is 11.7 Å². The molecule has 2 rings (SSSR count).